The zero-order valence-electron chi connectivity index (χ0n) is 16.5. The van der Waals surface area contributed by atoms with Gasteiger partial charge in [-0.15, -0.1) is 0 Å². The van der Waals surface area contributed by atoms with E-state index in [4.69, 9.17) is 9.15 Å². The maximum Gasteiger partial charge on any atom is 0.291 e. The number of hydrogen-bond donors (Lipinski definition) is 1. The number of anilines is 1. The molecule has 1 N–H and O–H groups in total. The lowest BCUT2D eigenvalue weighted by Gasteiger charge is -2.08. The first kappa shape index (κ1) is 18.6. The number of aryl methyl sites for hydroxylation is 1. The van der Waals surface area contributed by atoms with E-state index in [0.717, 1.165) is 11.2 Å². The predicted molar refractivity (Wildman–Crippen MR) is 115 cm³/mol. The van der Waals surface area contributed by atoms with E-state index in [1.165, 1.54) is 6.33 Å². The van der Waals surface area contributed by atoms with Gasteiger partial charge >= 0.3 is 0 Å². The zero-order valence-corrected chi connectivity index (χ0v) is 16.5. The van der Waals surface area contributed by atoms with Crippen LogP contribution in [0.4, 0.5) is 5.69 Å². The van der Waals surface area contributed by atoms with Crippen LogP contribution < -0.4 is 10.1 Å². The molecular formula is C23H17N5O3. The average molecular weight is 411 g/mol. The van der Waals surface area contributed by atoms with Crippen LogP contribution in [0.2, 0.25) is 0 Å². The molecule has 1 amide bonds. The third kappa shape index (κ3) is 3.86. The Hall–Kier alpha value is -4.46. The van der Waals surface area contributed by atoms with E-state index in [2.05, 4.69) is 20.3 Å². The highest BCUT2D eigenvalue weighted by Gasteiger charge is 2.12. The largest absolute Gasteiger partial charge is 0.451 e. The molecule has 0 aliphatic heterocycles. The lowest BCUT2D eigenvalue weighted by Crippen LogP contribution is -2.10. The van der Waals surface area contributed by atoms with Gasteiger partial charge in [0.1, 0.15) is 29.3 Å². The number of ether oxygens (including phenoxy) is 1. The first-order valence-electron chi connectivity index (χ1n) is 9.56. The van der Waals surface area contributed by atoms with Gasteiger partial charge in [0.15, 0.2) is 5.76 Å². The summed E-state index contributed by atoms with van der Waals surface area (Å²) in [6, 6.07) is 17.9. The van der Waals surface area contributed by atoms with Gasteiger partial charge in [-0.05, 0) is 43.3 Å². The van der Waals surface area contributed by atoms with E-state index in [1.807, 2.05) is 42.0 Å². The first-order chi connectivity index (χ1) is 15.2. The minimum Gasteiger partial charge on any atom is -0.451 e. The van der Waals surface area contributed by atoms with Gasteiger partial charge in [0, 0.05) is 29.5 Å². The Bertz CT molecular complexity index is 1340. The summed E-state index contributed by atoms with van der Waals surface area (Å²) in [4.78, 5) is 25.1. The van der Waals surface area contributed by atoms with Crippen molar-refractivity contribution < 1.29 is 13.9 Å². The van der Waals surface area contributed by atoms with Crippen molar-refractivity contribution in [1.82, 2.24) is 19.5 Å². The van der Waals surface area contributed by atoms with Gasteiger partial charge in [0.25, 0.3) is 5.91 Å². The highest BCUT2D eigenvalue weighted by Crippen LogP contribution is 2.24. The van der Waals surface area contributed by atoms with E-state index >= 15 is 0 Å². The standard InChI is InChI=1S/C23H17N5O3/c1-15-24-10-11-28(15)21-13-22(26-14-25-21)30-18-8-6-17(7-9-18)27-23(29)20-12-16-4-2-3-5-19(16)31-20/h2-14H,1H3,(H,27,29). The number of nitrogens with one attached hydrogen (secondary N) is 1. The van der Waals surface area contributed by atoms with E-state index < -0.39 is 0 Å². The summed E-state index contributed by atoms with van der Waals surface area (Å²) in [5.74, 6) is 2.39. The molecule has 0 atom stereocenters. The van der Waals surface area contributed by atoms with Crippen LogP contribution in [0.5, 0.6) is 11.6 Å². The van der Waals surface area contributed by atoms with E-state index in [-0.39, 0.29) is 11.7 Å². The molecule has 0 unspecified atom stereocenters. The lowest BCUT2D eigenvalue weighted by atomic mass is 10.2. The fourth-order valence-electron chi connectivity index (χ4n) is 3.15. The number of rotatable bonds is 5. The van der Waals surface area contributed by atoms with Crippen LogP contribution in [0, 0.1) is 6.92 Å². The Balaban J connectivity index is 1.28. The maximum absolute atomic E-state index is 12.5. The average Bonchev–Trinajstić information content (AvgIpc) is 3.41. The smallest absolute Gasteiger partial charge is 0.291 e. The zero-order chi connectivity index (χ0) is 21.2. The molecule has 8 nitrogen and oxygen atoms in total. The molecule has 0 aliphatic carbocycles. The third-order valence-corrected chi connectivity index (χ3v) is 4.68. The van der Waals surface area contributed by atoms with Crippen molar-refractivity contribution in [1.29, 1.82) is 0 Å². The van der Waals surface area contributed by atoms with Gasteiger partial charge in [-0.3, -0.25) is 9.36 Å². The molecule has 152 valence electrons. The van der Waals surface area contributed by atoms with Crippen LogP contribution in [0.3, 0.4) is 0 Å². The molecule has 31 heavy (non-hydrogen) atoms. The molecular weight excluding hydrogens is 394 g/mol. The summed E-state index contributed by atoms with van der Waals surface area (Å²) >= 11 is 0. The normalized spacial score (nSPS) is 10.9. The summed E-state index contributed by atoms with van der Waals surface area (Å²) in [6.07, 6.45) is 4.96. The van der Waals surface area contributed by atoms with E-state index in [0.29, 0.717) is 28.7 Å². The summed E-state index contributed by atoms with van der Waals surface area (Å²) in [5, 5.41) is 3.70. The number of amides is 1. The number of hydrogen-bond acceptors (Lipinski definition) is 6. The molecule has 0 saturated carbocycles. The topological polar surface area (TPSA) is 95.1 Å². The van der Waals surface area contributed by atoms with Crippen LogP contribution in [-0.4, -0.2) is 25.4 Å². The van der Waals surface area contributed by atoms with Crippen molar-refractivity contribution in [3.05, 3.63) is 91.0 Å². The minimum absolute atomic E-state index is 0.254. The van der Waals surface area contributed by atoms with Crippen LogP contribution in [0.1, 0.15) is 16.4 Å². The Morgan fingerprint density at radius 2 is 1.87 bits per heavy atom. The number of benzene rings is 2. The molecule has 0 saturated heterocycles. The second kappa shape index (κ2) is 7.75. The summed E-state index contributed by atoms with van der Waals surface area (Å²) in [5.41, 5.74) is 1.29. The van der Waals surface area contributed by atoms with Gasteiger partial charge in [0.05, 0.1) is 0 Å². The molecule has 5 rings (SSSR count). The molecule has 0 aliphatic rings. The van der Waals surface area contributed by atoms with Crippen LogP contribution in [-0.2, 0) is 0 Å². The van der Waals surface area contributed by atoms with Crippen molar-refractivity contribution in [2.45, 2.75) is 6.92 Å². The summed E-state index contributed by atoms with van der Waals surface area (Å²) in [7, 11) is 0. The molecule has 0 bridgehead atoms. The Kier molecular flexibility index (Phi) is 4.64. The number of carbonyl (C=O) groups excluding carboxylic acids is 1. The van der Waals surface area contributed by atoms with Crippen LogP contribution in [0.25, 0.3) is 16.8 Å². The van der Waals surface area contributed by atoms with Gasteiger partial charge < -0.3 is 14.5 Å². The quantitative estimate of drug-likeness (QED) is 0.448. The molecule has 3 heterocycles. The van der Waals surface area contributed by atoms with Gasteiger partial charge in [-0.2, -0.15) is 0 Å². The number of para-hydroxylation sites is 1. The Morgan fingerprint density at radius 1 is 1.03 bits per heavy atom. The number of aromatic nitrogens is 4. The molecule has 0 spiro atoms. The third-order valence-electron chi connectivity index (χ3n) is 4.68. The second-order valence-corrected chi connectivity index (χ2v) is 6.79. The Labute approximate surface area is 177 Å². The highest BCUT2D eigenvalue weighted by atomic mass is 16.5. The van der Waals surface area contributed by atoms with Gasteiger partial charge in [-0.1, -0.05) is 18.2 Å². The fraction of sp³-hybridized carbons (Fsp3) is 0.0435. The SMILES string of the molecule is Cc1nccn1-c1cc(Oc2ccc(NC(=O)c3cc4ccccc4o3)cc2)ncn1. The van der Waals surface area contributed by atoms with Crippen LogP contribution in [0.15, 0.2) is 83.8 Å². The fourth-order valence-corrected chi connectivity index (χ4v) is 3.15. The minimum atomic E-state index is -0.319. The molecule has 5 aromatic rings. The lowest BCUT2D eigenvalue weighted by molar-refractivity contribution is 0.0998. The van der Waals surface area contributed by atoms with Crippen molar-refractivity contribution in [3.8, 4) is 17.4 Å². The molecule has 8 heteroatoms. The van der Waals surface area contributed by atoms with Gasteiger partial charge in [-0.25, -0.2) is 15.0 Å². The molecule has 2 aromatic carbocycles. The predicted octanol–water partition coefficient (Wildman–Crippen LogP) is 4.76. The molecule has 3 aromatic heterocycles. The van der Waals surface area contributed by atoms with Crippen molar-refractivity contribution in [2.24, 2.45) is 0 Å². The number of furan rings is 1. The van der Waals surface area contributed by atoms with Crippen molar-refractivity contribution in [3.63, 3.8) is 0 Å². The second-order valence-electron chi connectivity index (χ2n) is 6.79. The highest BCUT2D eigenvalue weighted by molar-refractivity contribution is 6.04. The van der Waals surface area contributed by atoms with Crippen molar-refractivity contribution in [2.75, 3.05) is 5.32 Å². The first-order valence-corrected chi connectivity index (χ1v) is 9.56. The number of fused-ring (bicyclic) bond motifs is 1. The van der Waals surface area contributed by atoms with Crippen molar-refractivity contribution >= 4 is 22.6 Å². The number of nitrogens with zero attached hydrogens (tertiary/aromatic N) is 4. The summed E-state index contributed by atoms with van der Waals surface area (Å²) in [6.45, 7) is 1.89. The van der Waals surface area contributed by atoms with Gasteiger partial charge in [0.2, 0.25) is 5.88 Å². The molecule has 0 fully saturated rings. The number of carbonyl (C=O) groups is 1. The maximum atomic E-state index is 12.5. The number of imidazole rings is 1. The molecule has 0 radical (unpaired) electrons. The van der Waals surface area contributed by atoms with E-state index in [1.54, 1.807) is 42.6 Å². The monoisotopic (exact) mass is 411 g/mol. The van der Waals surface area contributed by atoms with E-state index in [9.17, 15) is 4.79 Å². The van der Waals surface area contributed by atoms with Crippen LogP contribution >= 0.6 is 0 Å². The summed E-state index contributed by atoms with van der Waals surface area (Å²) < 4.78 is 13.3. The Morgan fingerprint density at radius 3 is 2.65 bits per heavy atom.